The Balaban J connectivity index is 3.18. The van der Waals surface area contributed by atoms with Gasteiger partial charge in [-0.05, 0) is 19.9 Å². The fourth-order valence-corrected chi connectivity index (χ4v) is 2.39. The third kappa shape index (κ3) is 2.80. The SMILES string of the molecule is CCOC(OCC)(P=O)c1ccccc1Cl. The van der Waals surface area contributed by atoms with Crippen molar-refractivity contribution in [1.29, 1.82) is 0 Å². The van der Waals surface area contributed by atoms with Crippen molar-refractivity contribution in [3.05, 3.63) is 34.9 Å². The minimum atomic E-state index is -1.29. The Morgan fingerprint density at radius 2 is 1.81 bits per heavy atom. The molecule has 1 aromatic rings. The average molecular weight is 261 g/mol. The molecule has 0 N–H and O–H groups in total. The zero-order valence-corrected chi connectivity index (χ0v) is 10.9. The Morgan fingerprint density at radius 3 is 2.25 bits per heavy atom. The molecule has 88 valence electrons. The lowest BCUT2D eigenvalue weighted by molar-refractivity contribution is -0.176. The van der Waals surface area contributed by atoms with E-state index in [4.69, 9.17) is 21.1 Å². The van der Waals surface area contributed by atoms with E-state index in [1.807, 2.05) is 13.8 Å². The van der Waals surface area contributed by atoms with Crippen LogP contribution in [0.25, 0.3) is 0 Å². The van der Waals surface area contributed by atoms with E-state index in [-0.39, 0.29) is 8.46 Å². The molecule has 0 saturated carbocycles. The van der Waals surface area contributed by atoms with Gasteiger partial charge in [0.25, 0.3) is 5.53 Å². The highest BCUT2D eigenvalue weighted by Crippen LogP contribution is 2.41. The van der Waals surface area contributed by atoms with Crippen LogP contribution in [-0.4, -0.2) is 13.2 Å². The maximum Gasteiger partial charge on any atom is 0.280 e. The molecule has 0 saturated heterocycles. The van der Waals surface area contributed by atoms with E-state index in [1.54, 1.807) is 24.3 Å². The van der Waals surface area contributed by atoms with Gasteiger partial charge in [-0.15, -0.1) is 0 Å². The van der Waals surface area contributed by atoms with Gasteiger partial charge in [-0.2, -0.15) is 0 Å². The third-order valence-electron chi connectivity index (χ3n) is 2.01. The Hall–Kier alpha value is -0.470. The summed E-state index contributed by atoms with van der Waals surface area (Å²) in [5.74, 6) is 0. The van der Waals surface area contributed by atoms with Gasteiger partial charge in [-0.3, -0.25) is 4.57 Å². The Morgan fingerprint density at radius 1 is 1.25 bits per heavy atom. The van der Waals surface area contributed by atoms with Crippen LogP contribution in [0.15, 0.2) is 24.3 Å². The van der Waals surface area contributed by atoms with Crippen molar-refractivity contribution in [3.8, 4) is 0 Å². The van der Waals surface area contributed by atoms with Crippen LogP contribution < -0.4 is 0 Å². The van der Waals surface area contributed by atoms with Gasteiger partial charge in [0, 0.05) is 18.8 Å². The molecule has 16 heavy (non-hydrogen) atoms. The van der Waals surface area contributed by atoms with Crippen molar-refractivity contribution in [2.24, 2.45) is 0 Å². The summed E-state index contributed by atoms with van der Waals surface area (Å²) < 4.78 is 22.3. The molecule has 1 aromatic carbocycles. The smallest absolute Gasteiger partial charge is 0.280 e. The van der Waals surface area contributed by atoms with Crippen molar-refractivity contribution in [1.82, 2.24) is 0 Å². The molecular weight excluding hydrogens is 247 g/mol. The molecular formula is C11H14ClO3P. The molecule has 0 radical (unpaired) electrons. The van der Waals surface area contributed by atoms with Crippen LogP contribution in [0.1, 0.15) is 19.4 Å². The lowest BCUT2D eigenvalue weighted by Crippen LogP contribution is -2.27. The quantitative estimate of drug-likeness (QED) is 0.576. The summed E-state index contributed by atoms with van der Waals surface area (Å²) in [6, 6.07) is 7.07. The highest BCUT2D eigenvalue weighted by atomic mass is 35.5. The van der Waals surface area contributed by atoms with Crippen LogP contribution in [0, 0.1) is 0 Å². The first-order valence-electron chi connectivity index (χ1n) is 5.07. The van der Waals surface area contributed by atoms with Crippen molar-refractivity contribution >= 4 is 20.1 Å². The maximum absolute atomic E-state index is 11.3. The largest absolute Gasteiger partial charge is 0.337 e. The van der Waals surface area contributed by atoms with E-state index < -0.39 is 5.53 Å². The van der Waals surface area contributed by atoms with E-state index in [9.17, 15) is 4.57 Å². The van der Waals surface area contributed by atoms with Crippen molar-refractivity contribution < 1.29 is 14.0 Å². The summed E-state index contributed by atoms with van der Waals surface area (Å²) in [5.41, 5.74) is -0.709. The van der Waals surface area contributed by atoms with Crippen LogP contribution in [0.3, 0.4) is 0 Å². The summed E-state index contributed by atoms with van der Waals surface area (Å²) in [5, 5.41) is 0.479. The monoisotopic (exact) mass is 260 g/mol. The molecule has 5 heteroatoms. The second kappa shape index (κ2) is 6.31. The first-order valence-corrected chi connectivity index (χ1v) is 6.26. The molecule has 0 heterocycles. The predicted octanol–water partition coefficient (Wildman–Crippen LogP) is 3.82. The fourth-order valence-electron chi connectivity index (χ4n) is 1.41. The fraction of sp³-hybridized carbons (Fsp3) is 0.455. The van der Waals surface area contributed by atoms with Crippen molar-refractivity contribution in [2.75, 3.05) is 13.2 Å². The Kier molecular flexibility index (Phi) is 5.36. The summed E-state index contributed by atoms with van der Waals surface area (Å²) in [7, 11) is -0.259. The van der Waals surface area contributed by atoms with Crippen molar-refractivity contribution in [3.63, 3.8) is 0 Å². The lowest BCUT2D eigenvalue weighted by atomic mass is 10.2. The Labute approximate surface area is 102 Å². The normalized spacial score (nSPS) is 11.9. The molecule has 3 nitrogen and oxygen atoms in total. The molecule has 0 spiro atoms. The maximum atomic E-state index is 11.3. The van der Waals surface area contributed by atoms with Gasteiger partial charge in [-0.1, -0.05) is 29.8 Å². The van der Waals surface area contributed by atoms with E-state index >= 15 is 0 Å². The first-order chi connectivity index (χ1) is 7.70. The average Bonchev–Trinajstić information content (AvgIpc) is 2.29. The van der Waals surface area contributed by atoms with Crippen LogP contribution in [0.4, 0.5) is 0 Å². The number of ether oxygens (including phenoxy) is 2. The zero-order valence-electron chi connectivity index (χ0n) is 9.27. The molecule has 0 aliphatic rings. The van der Waals surface area contributed by atoms with Crippen LogP contribution in [-0.2, 0) is 19.6 Å². The second-order valence-corrected chi connectivity index (χ2v) is 4.20. The number of hydrogen-bond acceptors (Lipinski definition) is 3. The number of rotatable bonds is 6. The summed E-state index contributed by atoms with van der Waals surface area (Å²) in [6.45, 7) is 4.41. The van der Waals surface area contributed by atoms with Crippen LogP contribution in [0.5, 0.6) is 0 Å². The number of halogens is 1. The van der Waals surface area contributed by atoms with Gasteiger partial charge in [-0.25, -0.2) is 0 Å². The molecule has 0 atom stereocenters. The highest BCUT2D eigenvalue weighted by molar-refractivity contribution is 7.25. The third-order valence-corrected chi connectivity index (χ3v) is 3.08. The van der Waals surface area contributed by atoms with Gasteiger partial charge in [0.15, 0.2) is 0 Å². The van der Waals surface area contributed by atoms with Gasteiger partial charge in [0.1, 0.15) is 0 Å². The molecule has 0 amide bonds. The van der Waals surface area contributed by atoms with Crippen molar-refractivity contribution in [2.45, 2.75) is 19.4 Å². The summed E-state index contributed by atoms with van der Waals surface area (Å²) in [6.07, 6.45) is 0. The lowest BCUT2D eigenvalue weighted by Gasteiger charge is -2.27. The highest BCUT2D eigenvalue weighted by Gasteiger charge is 2.37. The minimum Gasteiger partial charge on any atom is -0.337 e. The molecule has 0 aliphatic heterocycles. The molecule has 0 fully saturated rings. The summed E-state index contributed by atoms with van der Waals surface area (Å²) in [4.78, 5) is 0. The zero-order chi connectivity index (χ0) is 12.0. The molecule has 1 rings (SSSR count). The number of benzene rings is 1. The van der Waals surface area contributed by atoms with Crippen LogP contribution in [0.2, 0.25) is 5.02 Å². The first kappa shape index (κ1) is 13.6. The predicted molar refractivity (Wildman–Crippen MR) is 64.0 cm³/mol. The molecule has 0 unspecified atom stereocenters. The van der Waals surface area contributed by atoms with Gasteiger partial charge in [0.05, 0.1) is 5.02 Å². The van der Waals surface area contributed by atoms with E-state index in [0.717, 1.165) is 0 Å². The number of hydrogen-bond donors (Lipinski definition) is 0. The molecule has 0 aromatic heterocycles. The van der Waals surface area contributed by atoms with Gasteiger partial charge < -0.3 is 9.47 Å². The van der Waals surface area contributed by atoms with E-state index in [2.05, 4.69) is 0 Å². The standard InChI is InChI=1S/C11H14ClO3P/c1-3-14-11(16-13,15-4-2)9-7-5-6-8-10(9)12/h5-8H,3-4H2,1-2H3. The topological polar surface area (TPSA) is 35.5 Å². The Bertz CT molecular complexity index is 351. The van der Waals surface area contributed by atoms with E-state index in [1.165, 1.54) is 0 Å². The van der Waals surface area contributed by atoms with E-state index in [0.29, 0.717) is 23.8 Å². The van der Waals surface area contributed by atoms with Gasteiger partial charge in [0.2, 0.25) is 8.46 Å². The van der Waals surface area contributed by atoms with Crippen LogP contribution >= 0.6 is 20.1 Å². The second-order valence-electron chi connectivity index (χ2n) is 3.02. The molecule has 0 bridgehead atoms. The minimum absolute atomic E-state index is 0.259. The van der Waals surface area contributed by atoms with Gasteiger partial charge >= 0.3 is 0 Å². The summed E-state index contributed by atoms with van der Waals surface area (Å²) >= 11 is 6.06. The molecule has 0 aliphatic carbocycles.